The van der Waals surface area contributed by atoms with E-state index in [9.17, 15) is 4.79 Å². The Morgan fingerprint density at radius 3 is 2.58 bits per heavy atom. The van der Waals surface area contributed by atoms with Gasteiger partial charge in [0.2, 0.25) is 0 Å². The molecule has 1 N–H and O–H groups in total. The number of amides is 1. The van der Waals surface area contributed by atoms with Crippen LogP contribution < -0.4 is 5.32 Å². The van der Waals surface area contributed by atoms with Gasteiger partial charge in [-0.05, 0) is 48.4 Å². The first kappa shape index (κ1) is 15.8. The molecule has 126 valence electrons. The first-order valence-electron chi connectivity index (χ1n) is 8.47. The van der Waals surface area contributed by atoms with Crippen LogP contribution in [0.25, 0.3) is 10.4 Å². The van der Waals surface area contributed by atoms with Crippen molar-refractivity contribution in [2.75, 3.05) is 13.2 Å². The summed E-state index contributed by atoms with van der Waals surface area (Å²) in [5, 5.41) is 5.21. The first-order chi connectivity index (χ1) is 11.8. The zero-order valence-corrected chi connectivity index (χ0v) is 14.3. The summed E-state index contributed by atoms with van der Waals surface area (Å²) >= 11 is 1.70. The highest BCUT2D eigenvalue weighted by Gasteiger charge is 2.34. The number of benzene rings is 1. The van der Waals surface area contributed by atoms with Crippen LogP contribution in [-0.4, -0.2) is 37.4 Å². The summed E-state index contributed by atoms with van der Waals surface area (Å²) in [5.41, 5.74) is 1.85. The highest BCUT2D eigenvalue weighted by molar-refractivity contribution is 7.13. The number of hydrogen-bond acceptors (Lipinski definition) is 4. The van der Waals surface area contributed by atoms with Crippen LogP contribution in [0.4, 0.5) is 0 Å². The molecule has 1 aliphatic heterocycles. The van der Waals surface area contributed by atoms with Gasteiger partial charge >= 0.3 is 0 Å². The molecule has 5 heteroatoms. The van der Waals surface area contributed by atoms with Crippen LogP contribution in [0.15, 0.2) is 41.8 Å². The largest absolute Gasteiger partial charge is 0.373 e. The van der Waals surface area contributed by atoms with Crippen molar-refractivity contribution < 1.29 is 14.3 Å². The third kappa shape index (κ3) is 3.38. The van der Waals surface area contributed by atoms with Gasteiger partial charge in [-0.1, -0.05) is 18.2 Å². The van der Waals surface area contributed by atoms with Crippen molar-refractivity contribution in [3.05, 3.63) is 47.3 Å². The lowest BCUT2D eigenvalue weighted by Crippen LogP contribution is -2.49. The summed E-state index contributed by atoms with van der Waals surface area (Å²) in [5.74, 6) is -0.00657. The van der Waals surface area contributed by atoms with Gasteiger partial charge in [-0.2, -0.15) is 0 Å². The van der Waals surface area contributed by atoms with Crippen LogP contribution in [0.3, 0.4) is 0 Å². The quantitative estimate of drug-likeness (QED) is 0.928. The highest BCUT2D eigenvalue weighted by atomic mass is 32.1. The van der Waals surface area contributed by atoms with E-state index < -0.39 is 0 Å². The van der Waals surface area contributed by atoms with Crippen molar-refractivity contribution in [3.8, 4) is 10.4 Å². The molecule has 2 aliphatic rings. The van der Waals surface area contributed by atoms with Gasteiger partial charge in [0.05, 0.1) is 25.4 Å². The highest BCUT2D eigenvalue weighted by Crippen LogP contribution is 2.27. The SMILES string of the molecule is O=C(N[C@@H]1CC[C@H]2OCCO[C@@H]2C1)c1ccc(-c2cccs2)cc1. The molecule has 1 aliphatic carbocycles. The van der Waals surface area contributed by atoms with Gasteiger partial charge in [0.25, 0.3) is 5.91 Å². The van der Waals surface area contributed by atoms with Gasteiger partial charge in [0, 0.05) is 16.5 Å². The molecular formula is C19H21NO3S. The van der Waals surface area contributed by atoms with Crippen molar-refractivity contribution in [2.45, 2.75) is 37.5 Å². The molecule has 1 saturated carbocycles. The minimum atomic E-state index is -0.00657. The van der Waals surface area contributed by atoms with Gasteiger partial charge in [0.1, 0.15) is 0 Å². The van der Waals surface area contributed by atoms with Gasteiger partial charge in [-0.3, -0.25) is 4.79 Å². The third-order valence-corrected chi connectivity index (χ3v) is 5.69. The number of carbonyl (C=O) groups is 1. The lowest BCUT2D eigenvalue weighted by atomic mass is 9.89. The van der Waals surface area contributed by atoms with Crippen LogP contribution in [0, 0.1) is 0 Å². The van der Waals surface area contributed by atoms with E-state index in [1.54, 1.807) is 11.3 Å². The Morgan fingerprint density at radius 1 is 1.04 bits per heavy atom. The molecular weight excluding hydrogens is 322 g/mol. The van der Waals surface area contributed by atoms with E-state index >= 15 is 0 Å². The zero-order valence-electron chi connectivity index (χ0n) is 13.4. The van der Waals surface area contributed by atoms with E-state index in [1.807, 2.05) is 30.3 Å². The molecule has 1 amide bonds. The second-order valence-electron chi connectivity index (χ2n) is 6.36. The Bertz CT molecular complexity index is 683. The number of hydrogen-bond donors (Lipinski definition) is 1. The first-order valence-corrected chi connectivity index (χ1v) is 9.35. The lowest BCUT2D eigenvalue weighted by molar-refractivity contribution is -0.157. The molecule has 2 aromatic rings. The number of thiophene rings is 1. The average Bonchev–Trinajstić information content (AvgIpc) is 3.16. The van der Waals surface area contributed by atoms with Crippen LogP contribution in [0.5, 0.6) is 0 Å². The number of carbonyl (C=O) groups excluding carboxylic acids is 1. The van der Waals surface area contributed by atoms with Crippen LogP contribution in [0.1, 0.15) is 29.6 Å². The van der Waals surface area contributed by atoms with Crippen molar-refractivity contribution in [1.29, 1.82) is 0 Å². The van der Waals surface area contributed by atoms with Gasteiger partial charge in [-0.15, -0.1) is 11.3 Å². The van der Waals surface area contributed by atoms with E-state index in [4.69, 9.17) is 9.47 Å². The van der Waals surface area contributed by atoms with Crippen molar-refractivity contribution in [2.24, 2.45) is 0 Å². The fraction of sp³-hybridized carbons (Fsp3) is 0.421. The maximum absolute atomic E-state index is 12.5. The van der Waals surface area contributed by atoms with Crippen LogP contribution in [0.2, 0.25) is 0 Å². The van der Waals surface area contributed by atoms with Crippen molar-refractivity contribution in [3.63, 3.8) is 0 Å². The summed E-state index contributed by atoms with van der Waals surface area (Å²) in [6.45, 7) is 1.35. The summed E-state index contributed by atoms with van der Waals surface area (Å²) in [7, 11) is 0. The predicted molar refractivity (Wildman–Crippen MR) is 94.3 cm³/mol. The second kappa shape index (κ2) is 7.05. The molecule has 0 unspecified atom stereocenters. The Labute approximate surface area is 145 Å². The Hall–Kier alpha value is -1.69. The molecule has 3 atom stereocenters. The molecule has 1 aromatic carbocycles. The molecule has 0 radical (unpaired) electrons. The molecule has 0 bridgehead atoms. The normalized spacial score (nSPS) is 26.6. The summed E-state index contributed by atoms with van der Waals surface area (Å²) in [6.07, 6.45) is 3.07. The number of nitrogens with one attached hydrogen (secondary N) is 1. The fourth-order valence-electron chi connectivity index (χ4n) is 3.49. The lowest BCUT2D eigenvalue weighted by Gasteiger charge is -2.39. The van der Waals surface area contributed by atoms with E-state index in [0.29, 0.717) is 18.8 Å². The van der Waals surface area contributed by atoms with Crippen LogP contribution >= 0.6 is 11.3 Å². The van der Waals surface area contributed by atoms with Gasteiger partial charge in [-0.25, -0.2) is 0 Å². The topological polar surface area (TPSA) is 47.6 Å². The molecule has 2 heterocycles. The Balaban J connectivity index is 1.37. The van der Waals surface area contributed by atoms with Crippen LogP contribution in [-0.2, 0) is 9.47 Å². The molecule has 24 heavy (non-hydrogen) atoms. The third-order valence-electron chi connectivity index (χ3n) is 4.77. The standard InChI is InChI=1S/C19H21NO3S/c21-19(14-5-3-13(4-6-14)18-2-1-11-24-18)20-15-7-8-16-17(12-15)23-10-9-22-16/h1-6,11,15-17H,7-10,12H2,(H,20,21)/t15-,16-,17-/m1/s1. The maximum Gasteiger partial charge on any atom is 0.251 e. The van der Waals surface area contributed by atoms with E-state index in [2.05, 4.69) is 16.8 Å². The minimum Gasteiger partial charge on any atom is -0.373 e. The summed E-state index contributed by atoms with van der Waals surface area (Å²) < 4.78 is 11.5. The Kier molecular flexibility index (Phi) is 4.65. The molecule has 0 spiro atoms. The smallest absolute Gasteiger partial charge is 0.251 e. The molecule has 1 saturated heterocycles. The Morgan fingerprint density at radius 2 is 1.83 bits per heavy atom. The number of rotatable bonds is 3. The zero-order chi connectivity index (χ0) is 16.4. The predicted octanol–water partition coefficient (Wildman–Crippen LogP) is 3.48. The van der Waals surface area contributed by atoms with E-state index in [1.165, 1.54) is 4.88 Å². The van der Waals surface area contributed by atoms with Crippen molar-refractivity contribution in [1.82, 2.24) is 5.32 Å². The van der Waals surface area contributed by atoms with Gasteiger partial charge in [0.15, 0.2) is 0 Å². The second-order valence-corrected chi connectivity index (χ2v) is 7.30. The monoisotopic (exact) mass is 343 g/mol. The van der Waals surface area contributed by atoms with E-state index in [0.717, 1.165) is 24.8 Å². The van der Waals surface area contributed by atoms with E-state index in [-0.39, 0.29) is 24.2 Å². The summed E-state index contributed by atoms with van der Waals surface area (Å²) in [4.78, 5) is 13.7. The molecule has 4 nitrogen and oxygen atoms in total. The molecule has 1 aromatic heterocycles. The average molecular weight is 343 g/mol. The fourth-order valence-corrected chi connectivity index (χ4v) is 4.23. The molecule has 4 rings (SSSR count). The van der Waals surface area contributed by atoms with Crippen molar-refractivity contribution >= 4 is 17.2 Å². The number of ether oxygens (including phenoxy) is 2. The summed E-state index contributed by atoms with van der Waals surface area (Å²) in [6, 6.07) is 12.1. The molecule has 2 fully saturated rings. The maximum atomic E-state index is 12.5. The minimum absolute atomic E-state index is 0.00657. The number of fused-ring (bicyclic) bond motifs is 1. The van der Waals surface area contributed by atoms with Gasteiger partial charge < -0.3 is 14.8 Å².